The second kappa shape index (κ2) is 6.12. The molecule has 118 valence electrons. The van der Waals surface area contributed by atoms with E-state index in [1.165, 1.54) is 12.1 Å². The van der Waals surface area contributed by atoms with Crippen molar-refractivity contribution < 1.29 is 13.9 Å². The van der Waals surface area contributed by atoms with Gasteiger partial charge < -0.3 is 15.0 Å². The molecule has 0 spiro atoms. The summed E-state index contributed by atoms with van der Waals surface area (Å²) in [7, 11) is 0. The van der Waals surface area contributed by atoms with E-state index in [2.05, 4.69) is 10.3 Å². The first-order chi connectivity index (χ1) is 11.1. The first kappa shape index (κ1) is 15.1. The van der Waals surface area contributed by atoms with E-state index >= 15 is 0 Å². The normalized spacial score (nSPS) is 10.7. The Hall–Kier alpha value is -2.82. The molecule has 1 aromatic heterocycles. The van der Waals surface area contributed by atoms with Crippen LogP contribution >= 0.6 is 0 Å². The molecular formula is C18H17FN2O2. The molecule has 0 radical (unpaired) electrons. The van der Waals surface area contributed by atoms with Crippen molar-refractivity contribution in [1.82, 2.24) is 10.3 Å². The minimum atomic E-state index is -0.312. The molecule has 1 amide bonds. The van der Waals surface area contributed by atoms with E-state index in [9.17, 15) is 9.18 Å². The third kappa shape index (κ3) is 3.04. The fraction of sp³-hybridized carbons (Fsp3) is 0.167. The molecule has 0 aliphatic heterocycles. The maximum atomic E-state index is 13.5. The fourth-order valence-electron chi connectivity index (χ4n) is 2.46. The average Bonchev–Trinajstić information content (AvgIpc) is 2.84. The van der Waals surface area contributed by atoms with E-state index in [1.807, 2.05) is 13.8 Å². The Morgan fingerprint density at radius 2 is 1.96 bits per heavy atom. The van der Waals surface area contributed by atoms with Crippen LogP contribution in [0.4, 0.5) is 4.39 Å². The van der Waals surface area contributed by atoms with Gasteiger partial charge in [-0.05, 0) is 56.3 Å². The topological polar surface area (TPSA) is 54.1 Å². The molecule has 3 aromatic rings. The van der Waals surface area contributed by atoms with Gasteiger partial charge in [-0.1, -0.05) is 0 Å². The second-order valence-corrected chi connectivity index (χ2v) is 5.25. The number of benzene rings is 2. The number of nitrogens with one attached hydrogen (secondary N) is 2. The summed E-state index contributed by atoms with van der Waals surface area (Å²) in [6.07, 6.45) is 0. The van der Waals surface area contributed by atoms with E-state index in [0.29, 0.717) is 29.0 Å². The Morgan fingerprint density at radius 3 is 2.65 bits per heavy atom. The van der Waals surface area contributed by atoms with Crippen LogP contribution < -0.4 is 10.1 Å². The van der Waals surface area contributed by atoms with Crippen LogP contribution in [0.3, 0.4) is 0 Å². The Morgan fingerprint density at radius 1 is 1.22 bits per heavy atom. The molecule has 0 unspecified atom stereocenters. The number of aryl methyl sites for hydroxylation is 1. The lowest BCUT2D eigenvalue weighted by Crippen LogP contribution is -2.22. The predicted octanol–water partition coefficient (Wildman–Crippen LogP) is 4.16. The van der Waals surface area contributed by atoms with Crippen LogP contribution in [0.15, 0.2) is 42.5 Å². The number of carbonyl (C=O) groups is 1. The molecule has 0 aliphatic carbocycles. The van der Waals surface area contributed by atoms with Gasteiger partial charge in [0, 0.05) is 23.0 Å². The maximum Gasteiger partial charge on any atom is 0.251 e. The highest BCUT2D eigenvalue weighted by Crippen LogP contribution is 2.33. The molecule has 0 aliphatic rings. The Bertz CT molecular complexity index is 853. The number of aromatic nitrogens is 1. The predicted molar refractivity (Wildman–Crippen MR) is 87.5 cm³/mol. The molecule has 0 saturated carbocycles. The van der Waals surface area contributed by atoms with Crippen molar-refractivity contribution >= 4 is 16.8 Å². The molecule has 2 N–H and O–H groups in total. The summed E-state index contributed by atoms with van der Waals surface area (Å²) < 4.78 is 19.3. The van der Waals surface area contributed by atoms with Gasteiger partial charge in [0.2, 0.25) is 0 Å². The van der Waals surface area contributed by atoms with Gasteiger partial charge in [-0.15, -0.1) is 0 Å². The van der Waals surface area contributed by atoms with Crippen LogP contribution in [0.1, 0.15) is 23.0 Å². The van der Waals surface area contributed by atoms with Gasteiger partial charge in [0.15, 0.2) is 5.75 Å². The molecule has 0 saturated heterocycles. The van der Waals surface area contributed by atoms with E-state index in [1.54, 1.807) is 30.3 Å². The van der Waals surface area contributed by atoms with Crippen LogP contribution in [-0.2, 0) is 0 Å². The van der Waals surface area contributed by atoms with E-state index in [4.69, 9.17) is 4.74 Å². The van der Waals surface area contributed by atoms with E-state index < -0.39 is 0 Å². The maximum absolute atomic E-state index is 13.5. The minimum absolute atomic E-state index is 0.121. The lowest BCUT2D eigenvalue weighted by Gasteiger charge is -2.07. The van der Waals surface area contributed by atoms with Crippen LogP contribution in [0.25, 0.3) is 10.9 Å². The van der Waals surface area contributed by atoms with Gasteiger partial charge in [0.25, 0.3) is 5.91 Å². The summed E-state index contributed by atoms with van der Waals surface area (Å²) in [6.45, 7) is 4.32. The Labute approximate surface area is 133 Å². The molecule has 0 bridgehead atoms. The first-order valence-electron chi connectivity index (χ1n) is 7.42. The molecule has 0 atom stereocenters. The number of aromatic amines is 1. The molecule has 4 nitrogen and oxygen atoms in total. The lowest BCUT2D eigenvalue weighted by molar-refractivity contribution is 0.0956. The van der Waals surface area contributed by atoms with E-state index in [-0.39, 0.29) is 11.7 Å². The van der Waals surface area contributed by atoms with Crippen LogP contribution in [0.5, 0.6) is 11.5 Å². The molecule has 2 aromatic carbocycles. The standard InChI is InChI=1S/C18H17FN2O2/c1-3-20-18(22)12-4-7-14(8-5-12)23-17-11(2)21-16-9-6-13(19)10-15(16)17/h4-10,21H,3H2,1-2H3,(H,20,22). The van der Waals surface area contributed by atoms with Crippen molar-refractivity contribution in [1.29, 1.82) is 0 Å². The highest BCUT2D eigenvalue weighted by Gasteiger charge is 2.12. The summed E-state index contributed by atoms with van der Waals surface area (Å²) in [6, 6.07) is 11.4. The van der Waals surface area contributed by atoms with Crippen molar-refractivity contribution in [3.63, 3.8) is 0 Å². The van der Waals surface area contributed by atoms with Gasteiger partial charge in [-0.3, -0.25) is 4.79 Å². The smallest absolute Gasteiger partial charge is 0.251 e. The van der Waals surface area contributed by atoms with Gasteiger partial charge in [-0.25, -0.2) is 4.39 Å². The summed E-state index contributed by atoms with van der Waals surface area (Å²) >= 11 is 0. The van der Waals surface area contributed by atoms with Crippen molar-refractivity contribution in [2.24, 2.45) is 0 Å². The number of ether oxygens (including phenoxy) is 1. The monoisotopic (exact) mass is 312 g/mol. The number of amides is 1. The van der Waals surface area contributed by atoms with Crippen molar-refractivity contribution in [3.8, 4) is 11.5 Å². The lowest BCUT2D eigenvalue weighted by atomic mass is 10.2. The molecule has 0 fully saturated rings. The summed E-state index contributed by atoms with van der Waals surface area (Å²) in [4.78, 5) is 14.9. The van der Waals surface area contributed by atoms with E-state index in [0.717, 1.165) is 11.2 Å². The third-order valence-electron chi connectivity index (χ3n) is 3.56. The fourth-order valence-corrected chi connectivity index (χ4v) is 2.46. The SMILES string of the molecule is CCNC(=O)c1ccc(Oc2c(C)[nH]c3ccc(F)cc23)cc1. The number of carbonyl (C=O) groups excluding carboxylic acids is 1. The van der Waals surface area contributed by atoms with Crippen LogP contribution in [0.2, 0.25) is 0 Å². The average molecular weight is 312 g/mol. The Balaban J connectivity index is 1.89. The van der Waals surface area contributed by atoms with Gasteiger partial charge in [-0.2, -0.15) is 0 Å². The van der Waals surface area contributed by atoms with Crippen LogP contribution in [0, 0.1) is 12.7 Å². The Kier molecular flexibility index (Phi) is 4.02. The molecule has 3 rings (SSSR count). The van der Waals surface area contributed by atoms with Crippen molar-refractivity contribution in [3.05, 3.63) is 59.5 Å². The molecule has 1 heterocycles. The zero-order chi connectivity index (χ0) is 16.4. The number of halogens is 1. The summed E-state index contributed by atoms with van der Waals surface area (Å²) in [5, 5.41) is 3.43. The minimum Gasteiger partial charge on any atom is -0.455 e. The number of hydrogen-bond donors (Lipinski definition) is 2. The quantitative estimate of drug-likeness (QED) is 0.760. The second-order valence-electron chi connectivity index (χ2n) is 5.25. The summed E-state index contributed by atoms with van der Waals surface area (Å²) in [5.74, 6) is 0.744. The third-order valence-corrected chi connectivity index (χ3v) is 3.56. The number of rotatable bonds is 4. The first-order valence-corrected chi connectivity index (χ1v) is 7.42. The van der Waals surface area contributed by atoms with Gasteiger partial charge in [0.05, 0.1) is 5.69 Å². The zero-order valence-electron chi connectivity index (χ0n) is 12.9. The number of fused-ring (bicyclic) bond motifs is 1. The number of hydrogen-bond acceptors (Lipinski definition) is 2. The van der Waals surface area contributed by atoms with Gasteiger partial charge >= 0.3 is 0 Å². The molecular weight excluding hydrogens is 295 g/mol. The highest BCUT2D eigenvalue weighted by atomic mass is 19.1. The number of H-pyrrole nitrogens is 1. The van der Waals surface area contributed by atoms with Crippen LogP contribution in [-0.4, -0.2) is 17.4 Å². The van der Waals surface area contributed by atoms with Gasteiger partial charge in [0.1, 0.15) is 11.6 Å². The molecule has 5 heteroatoms. The van der Waals surface area contributed by atoms with Crippen molar-refractivity contribution in [2.45, 2.75) is 13.8 Å². The van der Waals surface area contributed by atoms with Crippen molar-refractivity contribution in [2.75, 3.05) is 6.54 Å². The largest absolute Gasteiger partial charge is 0.455 e. The summed E-state index contributed by atoms with van der Waals surface area (Å²) in [5.41, 5.74) is 2.21. The zero-order valence-corrected chi connectivity index (χ0v) is 12.9. The highest BCUT2D eigenvalue weighted by molar-refractivity contribution is 5.94. The molecule has 23 heavy (non-hydrogen) atoms.